The highest BCUT2D eigenvalue weighted by Crippen LogP contribution is 2.23. The first-order valence-electron chi connectivity index (χ1n) is 6.32. The Kier molecular flexibility index (Phi) is 2.54. The summed E-state index contributed by atoms with van der Waals surface area (Å²) in [5.41, 5.74) is 3.76. The Labute approximate surface area is 106 Å². The predicted octanol–water partition coefficient (Wildman–Crippen LogP) is 2.70. The fourth-order valence-corrected chi connectivity index (χ4v) is 2.34. The smallest absolute Gasteiger partial charge is 0.254 e. The van der Waals surface area contributed by atoms with E-state index in [9.17, 15) is 4.79 Å². The Morgan fingerprint density at radius 3 is 2.67 bits per heavy atom. The van der Waals surface area contributed by atoms with Gasteiger partial charge in [0, 0.05) is 24.2 Å². The minimum atomic E-state index is 0.141. The topological polar surface area (TPSA) is 33.2 Å². The third-order valence-corrected chi connectivity index (χ3v) is 3.47. The van der Waals surface area contributed by atoms with Crippen LogP contribution in [0, 0.1) is 13.8 Å². The van der Waals surface area contributed by atoms with Gasteiger partial charge in [-0.3, -0.25) is 9.78 Å². The molecule has 0 radical (unpaired) electrons. The van der Waals surface area contributed by atoms with E-state index in [0.29, 0.717) is 0 Å². The average Bonchev–Trinajstić information content (AvgIpc) is 2.26. The normalized spacial score (nSPS) is 14.7. The standard InChI is InChI=1S/C15H16N2O/c1-10-4-5-14-12(8-10)13(9-11(2)16-14)15(18)17-6-3-7-17/h4-5,8-9H,3,6-7H2,1-2H3. The first kappa shape index (κ1) is 11.2. The summed E-state index contributed by atoms with van der Waals surface area (Å²) in [5, 5.41) is 0.970. The van der Waals surface area contributed by atoms with E-state index in [2.05, 4.69) is 11.1 Å². The number of likely N-dealkylation sites (tertiary alicyclic amines) is 1. The molecule has 1 fully saturated rings. The first-order valence-corrected chi connectivity index (χ1v) is 6.32. The number of rotatable bonds is 1. The van der Waals surface area contributed by atoms with Crippen LogP contribution < -0.4 is 0 Å². The van der Waals surface area contributed by atoms with Gasteiger partial charge in [0.15, 0.2) is 0 Å². The van der Waals surface area contributed by atoms with Crippen molar-refractivity contribution < 1.29 is 4.79 Å². The lowest BCUT2D eigenvalue weighted by Gasteiger charge is -2.31. The number of aromatic nitrogens is 1. The predicted molar refractivity (Wildman–Crippen MR) is 71.7 cm³/mol. The molecule has 1 amide bonds. The molecule has 0 aliphatic carbocycles. The molecule has 0 atom stereocenters. The lowest BCUT2D eigenvalue weighted by atomic mass is 10.0. The molecule has 0 spiro atoms. The van der Waals surface area contributed by atoms with Crippen molar-refractivity contribution in [2.45, 2.75) is 20.3 Å². The molecule has 92 valence electrons. The number of hydrogen-bond acceptors (Lipinski definition) is 2. The van der Waals surface area contributed by atoms with Gasteiger partial charge in [0.2, 0.25) is 0 Å². The zero-order valence-electron chi connectivity index (χ0n) is 10.7. The number of amides is 1. The van der Waals surface area contributed by atoms with Gasteiger partial charge in [-0.25, -0.2) is 0 Å². The molecule has 2 heterocycles. The van der Waals surface area contributed by atoms with E-state index in [1.54, 1.807) is 0 Å². The molecule has 1 aliphatic heterocycles. The van der Waals surface area contributed by atoms with E-state index in [-0.39, 0.29) is 5.91 Å². The third-order valence-electron chi connectivity index (χ3n) is 3.47. The maximum atomic E-state index is 12.4. The molecule has 3 heteroatoms. The van der Waals surface area contributed by atoms with Crippen molar-refractivity contribution in [1.29, 1.82) is 0 Å². The fraction of sp³-hybridized carbons (Fsp3) is 0.333. The van der Waals surface area contributed by atoms with Gasteiger partial charge in [-0.1, -0.05) is 11.6 Å². The number of carbonyl (C=O) groups excluding carboxylic acids is 1. The van der Waals surface area contributed by atoms with E-state index in [0.717, 1.165) is 47.2 Å². The van der Waals surface area contributed by atoms with Crippen molar-refractivity contribution >= 4 is 16.8 Å². The zero-order chi connectivity index (χ0) is 12.7. The van der Waals surface area contributed by atoms with Crippen molar-refractivity contribution in [3.8, 4) is 0 Å². The van der Waals surface area contributed by atoms with Crippen LogP contribution in [-0.2, 0) is 0 Å². The number of nitrogens with zero attached hydrogens (tertiary/aromatic N) is 2. The van der Waals surface area contributed by atoms with E-state index in [4.69, 9.17) is 0 Å². The maximum absolute atomic E-state index is 12.4. The van der Waals surface area contributed by atoms with Gasteiger partial charge >= 0.3 is 0 Å². The highest BCUT2D eigenvalue weighted by Gasteiger charge is 2.23. The van der Waals surface area contributed by atoms with E-state index in [1.165, 1.54) is 0 Å². The van der Waals surface area contributed by atoms with Crippen LogP contribution in [-0.4, -0.2) is 28.9 Å². The van der Waals surface area contributed by atoms with Gasteiger partial charge in [-0.15, -0.1) is 0 Å². The van der Waals surface area contributed by atoms with Crippen LogP contribution in [0.2, 0.25) is 0 Å². The van der Waals surface area contributed by atoms with Gasteiger partial charge in [0.05, 0.1) is 11.1 Å². The van der Waals surface area contributed by atoms with Gasteiger partial charge < -0.3 is 4.90 Å². The van der Waals surface area contributed by atoms with E-state index in [1.807, 2.05) is 36.9 Å². The molecular weight excluding hydrogens is 224 g/mol. The molecule has 1 saturated heterocycles. The first-order chi connectivity index (χ1) is 8.65. The SMILES string of the molecule is Cc1ccc2nc(C)cc(C(=O)N3CCC3)c2c1. The zero-order valence-corrected chi connectivity index (χ0v) is 10.7. The lowest BCUT2D eigenvalue weighted by molar-refractivity contribution is 0.0653. The van der Waals surface area contributed by atoms with Crippen LogP contribution in [0.25, 0.3) is 10.9 Å². The Bertz CT molecular complexity index is 630. The molecule has 2 aromatic rings. The Hall–Kier alpha value is -1.90. The molecule has 18 heavy (non-hydrogen) atoms. The lowest BCUT2D eigenvalue weighted by Crippen LogP contribution is -2.42. The van der Waals surface area contributed by atoms with Crippen LogP contribution in [0.3, 0.4) is 0 Å². The number of aryl methyl sites for hydroxylation is 2. The van der Waals surface area contributed by atoms with Crippen LogP contribution in [0.1, 0.15) is 28.0 Å². The summed E-state index contributed by atoms with van der Waals surface area (Å²) in [6.45, 7) is 5.74. The second-order valence-corrected chi connectivity index (χ2v) is 4.98. The van der Waals surface area contributed by atoms with Gasteiger partial charge in [-0.05, 0) is 38.5 Å². The van der Waals surface area contributed by atoms with Crippen LogP contribution >= 0.6 is 0 Å². The molecule has 0 bridgehead atoms. The van der Waals surface area contributed by atoms with Crippen LogP contribution in [0.4, 0.5) is 0 Å². The molecule has 1 aromatic carbocycles. The maximum Gasteiger partial charge on any atom is 0.254 e. The summed E-state index contributed by atoms with van der Waals surface area (Å²) < 4.78 is 0. The summed E-state index contributed by atoms with van der Waals surface area (Å²) in [6.07, 6.45) is 1.12. The second-order valence-electron chi connectivity index (χ2n) is 4.98. The number of carbonyl (C=O) groups is 1. The largest absolute Gasteiger partial charge is 0.338 e. The number of fused-ring (bicyclic) bond motifs is 1. The minimum absolute atomic E-state index is 0.141. The van der Waals surface area contributed by atoms with Crippen molar-refractivity contribution in [1.82, 2.24) is 9.88 Å². The Morgan fingerprint density at radius 2 is 2.00 bits per heavy atom. The quantitative estimate of drug-likeness (QED) is 0.767. The minimum Gasteiger partial charge on any atom is -0.338 e. The second kappa shape index (κ2) is 4.09. The molecule has 0 unspecified atom stereocenters. The van der Waals surface area contributed by atoms with Gasteiger partial charge in [0.1, 0.15) is 0 Å². The molecule has 1 aliphatic rings. The average molecular weight is 240 g/mol. The number of benzene rings is 1. The molecule has 3 rings (SSSR count). The molecular formula is C15H16N2O. The van der Waals surface area contributed by atoms with Gasteiger partial charge in [0.25, 0.3) is 5.91 Å². The summed E-state index contributed by atoms with van der Waals surface area (Å²) in [6, 6.07) is 7.98. The monoisotopic (exact) mass is 240 g/mol. The summed E-state index contributed by atoms with van der Waals surface area (Å²) in [4.78, 5) is 18.8. The summed E-state index contributed by atoms with van der Waals surface area (Å²) in [5.74, 6) is 0.141. The highest BCUT2D eigenvalue weighted by atomic mass is 16.2. The molecule has 0 N–H and O–H groups in total. The third kappa shape index (κ3) is 1.76. The van der Waals surface area contributed by atoms with Crippen LogP contribution in [0.5, 0.6) is 0 Å². The number of pyridine rings is 1. The molecule has 1 aromatic heterocycles. The van der Waals surface area contributed by atoms with Crippen molar-refractivity contribution in [2.75, 3.05) is 13.1 Å². The molecule has 3 nitrogen and oxygen atoms in total. The van der Waals surface area contributed by atoms with Crippen molar-refractivity contribution in [3.05, 3.63) is 41.1 Å². The van der Waals surface area contributed by atoms with E-state index >= 15 is 0 Å². The van der Waals surface area contributed by atoms with Crippen molar-refractivity contribution in [2.24, 2.45) is 0 Å². The molecule has 0 saturated carbocycles. The fourth-order valence-electron chi connectivity index (χ4n) is 2.34. The number of hydrogen-bond donors (Lipinski definition) is 0. The van der Waals surface area contributed by atoms with Gasteiger partial charge in [-0.2, -0.15) is 0 Å². The highest BCUT2D eigenvalue weighted by molar-refractivity contribution is 6.06. The Morgan fingerprint density at radius 1 is 1.22 bits per heavy atom. The van der Waals surface area contributed by atoms with E-state index < -0.39 is 0 Å². The van der Waals surface area contributed by atoms with Crippen LogP contribution in [0.15, 0.2) is 24.3 Å². The summed E-state index contributed by atoms with van der Waals surface area (Å²) in [7, 11) is 0. The summed E-state index contributed by atoms with van der Waals surface area (Å²) >= 11 is 0. The van der Waals surface area contributed by atoms with Crippen molar-refractivity contribution in [3.63, 3.8) is 0 Å². The Balaban J connectivity index is 2.19.